The van der Waals surface area contributed by atoms with Crippen LogP contribution >= 0.6 is 0 Å². The van der Waals surface area contributed by atoms with E-state index in [9.17, 15) is 4.79 Å². The number of likely N-dealkylation sites (tertiary alicyclic amines) is 1. The summed E-state index contributed by atoms with van der Waals surface area (Å²) in [4.78, 5) is 14.3. The minimum absolute atomic E-state index is 0.0326. The quantitative estimate of drug-likeness (QED) is 0.858. The van der Waals surface area contributed by atoms with Gasteiger partial charge in [-0.3, -0.25) is 4.79 Å². The number of carbonyl (C=O) groups is 1. The van der Waals surface area contributed by atoms with E-state index in [2.05, 4.69) is 22.6 Å². The van der Waals surface area contributed by atoms with Crippen molar-refractivity contribution in [2.45, 2.75) is 44.7 Å². The normalized spacial score (nSPS) is 24.9. The molecule has 0 radical (unpaired) electrons. The molecule has 19 heavy (non-hydrogen) atoms. The van der Waals surface area contributed by atoms with Crippen LogP contribution in [0.3, 0.4) is 0 Å². The lowest BCUT2D eigenvalue weighted by Gasteiger charge is -2.22. The van der Waals surface area contributed by atoms with Crippen molar-refractivity contribution >= 4 is 5.91 Å². The number of aromatic nitrogens is 3. The molecule has 3 rings (SSSR count). The predicted molar refractivity (Wildman–Crippen MR) is 70.9 cm³/mol. The summed E-state index contributed by atoms with van der Waals surface area (Å²) in [5, 5.41) is 11.5. The monoisotopic (exact) mass is 263 g/mol. The van der Waals surface area contributed by atoms with Crippen molar-refractivity contribution in [3.8, 4) is 0 Å². The van der Waals surface area contributed by atoms with Crippen LogP contribution < -0.4 is 5.32 Å². The summed E-state index contributed by atoms with van der Waals surface area (Å²) in [6.07, 6.45) is 6.11. The summed E-state index contributed by atoms with van der Waals surface area (Å²) in [7, 11) is 0. The number of nitrogens with zero attached hydrogens (tertiary/aromatic N) is 4. The van der Waals surface area contributed by atoms with Gasteiger partial charge in [-0.05, 0) is 45.7 Å². The van der Waals surface area contributed by atoms with Gasteiger partial charge in [0.25, 0.3) is 5.91 Å². The highest BCUT2D eigenvalue weighted by Gasteiger charge is 2.28. The Labute approximate surface area is 113 Å². The van der Waals surface area contributed by atoms with E-state index in [1.165, 1.54) is 0 Å². The molecule has 2 aliphatic heterocycles. The molecule has 1 atom stereocenters. The molecule has 3 heterocycles. The summed E-state index contributed by atoms with van der Waals surface area (Å²) in [6, 6.07) is 0.711. The molecule has 1 N–H and O–H groups in total. The third-order valence-corrected chi connectivity index (χ3v) is 4.23. The van der Waals surface area contributed by atoms with E-state index in [-0.39, 0.29) is 5.91 Å². The topological polar surface area (TPSA) is 63.1 Å². The molecule has 6 nitrogen and oxygen atoms in total. The lowest BCUT2D eigenvalue weighted by Crippen LogP contribution is -2.33. The molecule has 6 heteroatoms. The first-order chi connectivity index (χ1) is 9.25. The Kier molecular flexibility index (Phi) is 3.50. The zero-order valence-electron chi connectivity index (χ0n) is 11.4. The van der Waals surface area contributed by atoms with E-state index in [1.54, 1.807) is 0 Å². The average Bonchev–Trinajstić information content (AvgIpc) is 3.08. The maximum absolute atomic E-state index is 12.4. The van der Waals surface area contributed by atoms with Gasteiger partial charge >= 0.3 is 0 Å². The number of piperidine rings is 1. The Morgan fingerprint density at radius 2 is 2.16 bits per heavy atom. The van der Waals surface area contributed by atoms with Crippen LogP contribution in [0.5, 0.6) is 0 Å². The molecule has 0 aliphatic carbocycles. The van der Waals surface area contributed by atoms with E-state index < -0.39 is 0 Å². The van der Waals surface area contributed by atoms with Crippen LogP contribution in [-0.2, 0) is 0 Å². The van der Waals surface area contributed by atoms with Crippen molar-refractivity contribution in [1.82, 2.24) is 25.2 Å². The van der Waals surface area contributed by atoms with Crippen molar-refractivity contribution in [1.29, 1.82) is 0 Å². The Morgan fingerprint density at radius 3 is 2.84 bits per heavy atom. The molecule has 0 saturated carbocycles. The summed E-state index contributed by atoms with van der Waals surface area (Å²) in [5.41, 5.74) is 0.493. The molecule has 1 aromatic rings. The first kappa shape index (κ1) is 12.6. The average molecular weight is 263 g/mol. The maximum atomic E-state index is 12.4. The van der Waals surface area contributed by atoms with Gasteiger partial charge in [-0.1, -0.05) is 5.21 Å². The van der Waals surface area contributed by atoms with Crippen molar-refractivity contribution in [3.63, 3.8) is 0 Å². The number of nitrogens with one attached hydrogen (secondary N) is 1. The SMILES string of the molecule is CC1CCCN1C(=O)c1cn(C2CCNCC2)nn1. The smallest absolute Gasteiger partial charge is 0.276 e. The summed E-state index contributed by atoms with van der Waals surface area (Å²) >= 11 is 0. The number of hydrogen-bond donors (Lipinski definition) is 1. The molecular formula is C13H21N5O. The van der Waals surface area contributed by atoms with Crippen molar-refractivity contribution < 1.29 is 4.79 Å². The fourth-order valence-corrected chi connectivity index (χ4v) is 3.01. The number of amides is 1. The molecule has 2 fully saturated rings. The first-order valence-corrected chi connectivity index (χ1v) is 7.19. The zero-order chi connectivity index (χ0) is 13.2. The molecule has 1 unspecified atom stereocenters. The second kappa shape index (κ2) is 5.28. The molecule has 1 amide bonds. The number of rotatable bonds is 2. The van der Waals surface area contributed by atoms with Crippen LogP contribution in [0.25, 0.3) is 0 Å². The largest absolute Gasteiger partial charge is 0.334 e. The fourth-order valence-electron chi connectivity index (χ4n) is 3.01. The Balaban J connectivity index is 1.71. The van der Waals surface area contributed by atoms with Gasteiger partial charge < -0.3 is 10.2 Å². The second-order valence-electron chi connectivity index (χ2n) is 5.55. The van der Waals surface area contributed by atoms with Crippen LogP contribution in [0.1, 0.15) is 49.1 Å². The van der Waals surface area contributed by atoms with Crippen molar-refractivity contribution in [2.75, 3.05) is 19.6 Å². The lowest BCUT2D eigenvalue weighted by atomic mass is 10.1. The van der Waals surface area contributed by atoms with E-state index in [0.29, 0.717) is 17.8 Å². The molecule has 2 aliphatic rings. The van der Waals surface area contributed by atoms with Gasteiger partial charge in [0.05, 0.1) is 12.2 Å². The number of hydrogen-bond acceptors (Lipinski definition) is 4. The molecular weight excluding hydrogens is 242 g/mol. The van der Waals surface area contributed by atoms with Gasteiger partial charge in [-0.15, -0.1) is 5.10 Å². The standard InChI is InChI=1S/C13H21N5O/c1-10-3-2-8-17(10)13(19)12-9-18(16-15-12)11-4-6-14-7-5-11/h9-11,14H,2-8H2,1H3. The lowest BCUT2D eigenvalue weighted by molar-refractivity contribution is 0.0741. The van der Waals surface area contributed by atoms with E-state index in [4.69, 9.17) is 0 Å². The Bertz CT molecular complexity index is 452. The van der Waals surface area contributed by atoms with Gasteiger partial charge in [0.15, 0.2) is 5.69 Å². The van der Waals surface area contributed by atoms with E-state index >= 15 is 0 Å². The third-order valence-electron chi connectivity index (χ3n) is 4.23. The minimum atomic E-state index is 0.0326. The highest BCUT2D eigenvalue weighted by Crippen LogP contribution is 2.20. The van der Waals surface area contributed by atoms with Crippen molar-refractivity contribution in [3.05, 3.63) is 11.9 Å². The van der Waals surface area contributed by atoms with Crippen LogP contribution in [0.15, 0.2) is 6.20 Å². The molecule has 104 valence electrons. The molecule has 1 aromatic heterocycles. The van der Waals surface area contributed by atoms with Crippen LogP contribution in [0.4, 0.5) is 0 Å². The highest BCUT2D eigenvalue weighted by molar-refractivity contribution is 5.92. The van der Waals surface area contributed by atoms with Gasteiger partial charge in [0.1, 0.15) is 0 Å². The van der Waals surface area contributed by atoms with Crippen LogP contribution in [-0.4, -0.2) is 51.5 Å². The zero-order valence-corrected chi connectivity index (χ0v) is 11.4. The molecule has 0 aromatic carbocycles. The van der Waals surface area contributed by atoms with Gasteiger partial charge in [-0.2, -0.15) is 0 Å². The Hall–Kier alpha value is -1.43. The predicted octanol–water partition coefficient (Wildman–Crippen LogP) is 0.827. The third kappa shape index (κ3) is 2.49. The first-order valence-electron chi connectivity index (χ1n) is 7.19. The van der Waals surface area contributed by atoms with E-state index in [1.807, 2.05) is 15.8 Å². The fraction of sp³-hybridized carbons (Fsp3) is 0.769. The van der Waals surface area contributed by atoms with Gasteiger partial charge in [0, 0.05) is 12.6 Å². The summed E-state index contributed by atoms with van der Waals surface area (Å²) < 4.78 is 1.87. The van der Waals surface area contributed by atoms with Gasteiger partial charge in [0.2, 0.25) is 0 Å². The van der Waals surface area contributed by atoms with Crippen molar-refractivity contribution in [2.24, 2.45) is 0 Å². The summed E-state index contributed by atoms with van der Waals surface area (Å²) in [5.74, 6) is 0.0326. The minimum Gasteiger partial charge on any atom is -0.334 e. The van der Waals surface area contributed by atoms with E-state index in [0.717, 1.165) is 45.3 Å². The summed E-state index contributed by atoms with van der Waals surface area (Å²) in [6.45, 7) is 4.97. The van der Waals surface area contributed by atoms with Crippen LogP contribution in [0.2, 0.25) is 0 Å². The molecule has 0 bridgehead atoms. The highest BCUT2D eigenvalue weighted by atomic mass is 16.2. The maximum Gasteiger partial charge on any atom is 0.276 e. The number of carbonyl (C=O) groups excluding carboxylic acids is 1. The van der Waals surface area contributed by atoms with Gasteiger partial charge in [-0.25, -0.2) is 4.68 Å². The second-order valence-corrected chi connectivity index (χ2v) is 5.55. The Morgan fingerprint density at radius 1 is 1.37 bits per heavy atom. The molecule has 2 saturated heterocycles. The molecule has 0 spiro atoms. The van der Waals surface area contributed by atoms with Crippen LogP contribution in [0, 0.1) is 0 Å².